The first-order chi connectivity index (χ1) is 9.43. The van der Waals surface area contributed by atoms with E-state index in [9.17, 15) is 0 Å². The van der Waals surface area contributed by atoms with Gasteiger partial charge in [-0.3, -0.25) is 0 Å². The summed E-state index contributed by atoms with van der Waals surface area (Å²) in [7, 11) is 0. The Hall–Kier alpha value is -2.09. The topological polar surface area (TPSA) is 26.0 Å². The van der Waals surface area contributed by atoms with E-state index in [1.54, 1.807) is 0 Å². The van der Waals surface area contributed by atoms with Gasteiger partial charge in [0.05, 0.1) is 0 Å². The first kappa shape index (κ1) is 14.3. The molecule has 3 heteroatoms. The Bertz CT molecular complexity index is 673. The molecule has 0 saturated heterocycles. The van der Waals surface area contributed by atoms with Crippen molar-refractivity contribution in [3.8, 4) is 11.5 Å². The van der Waals surface area contributed by atoms with Gasteiger partial charge in [0.2, 0.25) is 0 Å². The van der Waals surface area contributed by atoms with E-state index in [2.05, 4.69) is 4.98 Å². The molecule has 0 aliphatic rings. The summed E-state index contributed by atoms with van der Waals surface area (Å²) in [5.41, 5.74) is 2.77. The molecule has 3 aromatic carbocycles. The number of para-hydroxylation sites is 2. The molecular weight excluding hydrogens is 290 g/mol. The van der Waals surface area contributed by atoms with Crippen LogP contribution in [0.4, 0.5) is 0 Å². The number of hydrogen-bond donors (Lipinski definition) is 0. The Balaban J connectivity index is 0.000000210. The van der Waals surface area contributed by atoms with Crippen LogP contribution in [0.25, 0.3) is 22.6 Å². The molecule has 4 rings (SSSR count). The average Bonchev–Trinajstić information content (AvgIpc) is 3.20. The molecule has 0 amide bonds. The molecule has 0 saturated carbocycles. The molecule has 0 aliphatic heterocycles. The van der Waals surface area contributed by atoms with E-state index in [1.165, 1.54) is 0 Å². The Labute approximate surface area is 128 Å². The van der Waals surface area contributed by atoms with Gasteiger partial charge in [-0.15, -0.1) is 0 Å². The van der Waals surface area contributed by atoms with E-state index < -0.39 is 0 Å². The van der Waals surface area contributed by atoms with E-state index in [0.29, 0.717) is 5.89 Å². The summed E-state index contributed by atoms with van der Waals surface area (Å²) in [6.45, 7) is 0. The molecule has 4 aromatic rings. The average molecular weight is 303 g/mol. The van der Waals surface area contributed by atoms with Crippen LogP contribution in [-0.4, -0.2) is 4.98 Å². The van der Waals surface area contributed by atoms with Crippen molar-refractivity contribution in [2.75, 3.05) is 0 Å². The zero-order valence-corrected chi connectivity index (χ0v) is 11.8. The molecule has 1 heterocycles. The van der Waals surface area contributed by atoms with Gasteiger partial charge in [-0.2, -0.15) is 12.1 Å². The number of rotatable bonds is 1. The number of oxazole rings is 1. The van der Waals surface area contributed by atoms with Crippen LogP contribution in [-0.2, 0) is 17.1 Å². The quantitative estimate of drug-likeness (QED) is 0.379. The summed E-state index contributed by atoms with van der Waals surface area (Å²) in [6, 6.07) is 25.7. The fourth-order valence-electron chi connectivity index (χ4n) is 1.83. The standard InChI is InChI=1S/C12H8NO.C5H5.Fe/c1-2-6-9(5-1)12-13-10-7-3-4-8-11(10)14-12;1-2-4-5-3-1;/h1-8H;1-5H;/q-1;-5;. The van der Waals surface area contributed by atoms with Crippen LogP contribution in [0.5, 0.6) is 0 Å². The third-order valence-electron chi connectivity index (χ3n) is 2.76. The van der Waals surface area contributed by atoms with E-state index in [4.69, 9.17) is 4.42 Å². The van der Waals surface area contributed by atoms with Gasteiger partial charge in [0.15, 0.2) is 11.5 Å². The number of benzene rings is 1. The van der Waals surface area contributed by atoms with Crippen LogP contribution in [0.3, 0.4) is 0 Å². The summed E-state index contributed by atoms with van der Waals surface area (Å²) in [4.78, 5) is 4.39. The Morgan fingerprint density at radius 2 is 1.45 bits per heavy atom. The minimum Gasteiger partial charge on any atom is -0.748 e. The van der Waals surface area contributed by atoms with E-state index in [-0.39, 0.29) is 17.1 Å². The monoisotopic (exact) mass is 303 g/mol. The molecule has 0 spiro atoms. The van der Waals surface area contributed by atoms with Crippen molar-refractivity contribution >= 4 is 11.1 Å². The fourth-order valence-corrected chi connectivity index (χ4v) is 1.83. The smallest absolute Gasteiger partial charge is 0.169 e. The number of aromatic nitrogens is 1. The van der Waals surface area contributed by atoms with Crippen molar-refractivity contribution in [3.05, 3.63) is 78.9 Å². The van der Waals surface area contributed by atoms with Gasteiger partial charge < -0.3 is 34.7 Å². The maximum atomic E-state index is 5.60. The molecule has 20 heavy (non-hydrogen) atoms. The van der Waals surface area contributed by atoms with Gasteiger partial charge in [-0.25, -0.2) is 17.1 Å². The molecule has 2 nitrogen and oxygen atoms in total. The molecule has 0 atom stereocenters. The van der Waals surface area contributed by atoms with Crippen LogP contribution in [0.2, 0.25) is 0 Å². The second-order valence-corrected chi connectivity index (χ2v) is 4.12. The van der Waals surface area contributed by atoms with Gasteiger partial charge in [0, 0.05) is 17.1 Å². The largest absolute Gasteiger partial charge is 0.748 e. The normalized spacial score (nSPS) is 9.60. The predicted molar refractivity (Wildman–Crippen MR) is 77.1 cm³/mol. The molecule has 1 aromatic heterocycles. The van der Waals surface area contributed by atoms with Gasteiger partial charge in [-0.05, 0) is 12.1 Å². The summed E-state index contributed by atoms with van der Waals surface area (Å²) in [5, 5.41) is 0. The molecule has 0 N–H and O–H groups in total. The minimum absolute atomic E-state index is 0. The van der Waals surface area contributed by atoms with Crippen molar-refractivity contribution in [2.45, 2.75) is 0 Å². The summed E-state index contributed by atoms with van der Waals surface area (Å²) >= 11 is 0. The molecular formula is C17H13FeNO-6. The predicted octanol–water partition coefficient (Wildman–Crippen LogP) is 4.62. The van der Waals surface area contributed by atoms with Crippen molar-refractivity contribution in [2.24, 2.45) is 0 Å². The van der Waals surface area contributed by atoms with Crippen LogP contribution in [0, 0.1) is 0 Å². The first-order valence-electron chi connectivity index (χ1n) is 6.18. The Morgan fingerprint density at radius 3 is 2.05 bits per heavy atom. The summed E-state index contributed by atoms with van der Waals surface area (Å²) in [5.74, 6) is 0.691. The van der Waals surface area contributed by atoms with Gasteiger partial charge in [0.1, 0.15) is 5.52 Å². The maximum Gasteiger partial charge on any atom is 0.169 e. The molecule has 106 valence electrons. The molecule has 0 fully saturated rings. The maximum absolute atomic E-state index is 5.60. The van der Waals surface area contributed by atoms with Crippen LogP contribution < -0.4 is 0 Å². The zero-order chi connectivity index (χ0) is 12.9. The number of fused-ring (bicyclic) bond motifs is 1. The molecule has 0 bridgehead atoms. The zero-order valence-electron chi connectivity index (χ0n) is 10.7. The molecule has 0 radical (unpaired) electrons. The third kappa shape index (κ3) is 3.27. The van der Waals surface area contributed by atoms with Crippen molar-refractivity contribution < 1.29 is 21.5 Å². The fraction of sp³-hybridized carbons (Fsp3) is 0. The number of hydrogen-bond acceptors (Lipinski definition) is 2. The summed E-state index contributed by atoms with van der Waals surface area (Å²) in [6.07, 6.45) is 0. The van der Waals surface area contributed by atoms with Crippen molar-refractivity contribution in [1.82, 2.24) is 4.98 Å². The molecule has 0 unspecified atom stereocenters. The van der Waals surface area contributed by atoms with Crippen LogP contribution in [0.1, 0.15) is 0 Å². The second-order valence-electron chi connectivity index (χ2n) is 4.12. The van der Waals surface area contributed by atoms with E-state index in [1.807, 2.05) is 78.9 Å². The van der Waals surface area contributed by atoms with E-state index in [0.717, 1.165) is 16.7 Å². The third-order valence-corrected chi connectivity index (χ3v) is 2.76. The SMILES string of the molecule is [Fe].[cH-]1[cH-][cH-][cH-][cH-]1.c1ccc2oc(-[c-]3cccc3)nc2c1. The van der Waals surface area contributed by atoms with Gasteiger partial charge >= 0.3 is 0 Å². The van der Waals surface area contributed by atoms with Crippen molar-refractivity contribution in [1.29, 1.82) is 0 Å². The second kappa shape index (κ2) is 6.90. The first-order valence-corrected chi connectivity index (χ1v) is 6.18. The number of nitrogens with zero attached hydrogens (tertiary/aromatic N) is 1. The van der Waals surface area contributed by atoms with Gasteiger partial charge in [0.25, 0.3) is 0 Å². The summed E-state index contributed by atoms with van der Waals surface area (Å²) < 4.78 is 5.60. The van der Waals surface area contributed by atoms with Crippen LogP contribution in [0.15, 0.2) is 83.3 Å². The van der Waals surface area contributed by atoms with Gasteiger partial charge in [-0.1, -0.05) is 17.7 Å². The molecule has 0 aliphatic carbocycles. The van der Waals surface area contributed by atoms with Crippen LogP contribution >= 0.6 is 0 Å². The minimum atomic E-state index is 0. The van der Waals surface area contributed by atoms with Crippen molar-refractivity contribution in [3.63, 3.8) is 0 Å². The Morgan fingerprint density at radius 1 is 0.850 bits per heavy atom. The van der Waals surface area contributed by atoms with E-state index >= 15 is 0 Å². The Kier molecular flexibility index (Phi) is 4.94.